The third-order valence-corrected chi connectivity index (χ3v) is 6.81. The van der Waals surface area contributed by atoms with Gasteiger partial charge < -0.3 is 20.9 Å². The Labute approximate surface area is 202 Å². The molecule has 1 aliphatic heterocycles. The van der Waals surface area contributed by atoms with E-state index in [1.165, 1.54) is 23.9 Å². The SMILES string of the molecule is O=C(CSC=Cc1ccccc1)NC1(C(=O)NCCc2c[nH]c3ccc(F)cc23)CCNCC1. The van der Waals surface area contributed by atoms with Gasteiger partial charge in [-0.2, -0.15) is 0 Å². The topological polar surface area (TPSA) is 86.0 Å². The van der Waals surface area contributed by atoms with Gasteiger partial charge in [-0.05, 0) is 73.2 Å². The minimum absolute atomic E-state index is 0.160. The van der Waals surface area contributed by atoms with Gasteiger partial charge in [-0.15, -0.1) is 11.8 Å². The first-order chi connectivity index (χ1) is 16.6. The normalized spacial score (nSPS) is 15.4. The van der Waals surface area contributed by atoms with Gasteiger partial charge in [-0.1, -0.05) is 30.3 Å². The molecule has 0 saturated carbocycles. The number of carbonyl (C=O) groups is 2. The van der Waals surface area contributed by atoms with Crippen LogP contribution in [0.2, 0.25) is 0 Å². The minimum atomic E-state index is -0.918. The smallest absolute Gasteiger partial charge is 0.245 e. The molecule has 2 amide bonds. The summed E-state index contributed by atoms with van der Waals surface area (Å²) < 4.78 is 13.6. The van der Waals surface area contributed by atoms with Crippen LogP contribution < -0.4 is 16.0 Å². The summed E-state index contributed by atoms with van der Waals surface area (Å²) in [5.41, 5.74) is 1.96. The summed E-state index contributed by atoms with van der Waals surface area (Å²) in [6.45, 7) is 1.73. The van der Waals surface area contributed by atoms with E-state index in [1.54, 1.807) is 6.07 Å². The lowest BCUT2D eigenvalue weighted by Gasteiger charge is -2.37. The molecule has 1 aromatic heterocycles. The number of rotatable bonds is 9. The van der Waals surface area contributed by atoms with Crippen LogP contribution in [0.15, 0.2) is 60.1 Å². The second-order valence-electron chi connectivity index (χ2n) is 8.41. The van der Waals surface area contributed by atoms with E-state index in [4.69, 9.17) is 0 Å². The number of hydrogen-bond acceptors (Lipinski definition) is 4. The van der Waals surface area contributed by atoms with Gasteiger partial charge in [0.25, 0.3) is 0 Å². The predicted octanol–water partition coefficient (Wildman–Crippen LogP) is 3.61. The quantitative estimate of drug-likeness (QED) is 0.377. The fraction of sp³-hybridized carbons (Fsp3) is 0.308. The summed E-state index contributed by atoms with van der Waals surface area (Å²) in [5.74, 6) is -0.373. The van der Waals surface area contributed by atoms with Gasteiger partial charge in [0.05, 0.1) is 5.75 Å². The maximum Gasteiger partial charge on any atom is 0.245 e. The Morgan fingerprint density at radius 3 is 2.71 bits per heavy atom. The number of aromatic nitrogens is 1. The van der Waals surface area contributed by atoms with Crippen molar-refractivity contribution < 1.29 is 14.0 Å². The molecule has 1 saturated heterocycles. The molecule has 0 unspecified atom stereocenters. The average Bonchev–Trinajstić information content (AvgIpc) is 3.25. The van der Waals surface area contributed by atoms with Crippen LogP contribution >= 0.6 is 11.8 Å². The summed E-state index contributed by atoms with van der Waals surface area (Å²) in [6, 6.07) is 14.5. The second-order valence-corrected chi connectivity index (χ2v) is 9.31. The molecule has 1 aliphatic rings. The van der Waals surface area contributed by atoms with E-state index in [-0.39, 0.29) is 23.4 Å². The van der Waals surface area contributed by atoms with Crippen LogP contribution in [-0.4, -0.2) is 47.7 Å². The molecule has 0 bridgehead atoms. The summed E-state index contributed by atoms with van der Waals surface area (Å²) in [6.07, 6.45) is 5.44. The van der Waals surface area contributed by atoms with Gasteiger partial charge in [0.2, 0.25) is 11.8 Å². The molecular formula is C26H29FN4O2S. The number of halogens is 1. The Hall–Kier alpha value is -3.10. The lowest BCUT2D eigenvalue weighted by molar-refractivity contribution is -0.133. The number of benzene rings is 2. The highest BCUT2D eigenvalue weighted by Crippen LogP contribution is 2.21. The van der Waals surface area contributed by atoms with Crippen LogP contribution in [-0.2, 0) is 16.0 Å². The Kier molecular flexibility index (Phi) is 8.03. The van der Waals surface area contributed by atoms with E-state index in [0.717, 1.165) is 22.0 Å². The van der Waals surface area contributed by atoms with Crippen LogP contribution in [0.1, 0.15) is 24.0 Å². The number of amides is 2. The number of piperidine rings is 1. The third kappa shape index (κ3) is 6.07. The minimum Gasteiger partial charge on any atom is -0.361 e. The number of carbonyl (C=O) groups excluding carboxylic acids is 2. The molecule has 0 atom stereocenters. The molecule has 4 rings (SSSR count). The molecule has 2 aromatic carbocycles. The van der Waals surface area contributed by atoms with E-state index in [2.05, 4.69) is 20.9 Å². The summed E-state index contributed by atoms with van der Waals surface area (Å²) in [5, 5.41) is 12.0. The van der Waals surface area contributed by atoms with E-state index in [0.29, 0.717) is 38.9 Å². The Bertz CT molecular complexity index is 1160. The van der Waals surface area contributed by atoms with E-state index in [1.807, 2.05) is 48.0 Å². The maximum absolute atomic E-state index is 13.6. The molecular weight excluding hydrogens is 451 g/mol. The number of nitrogens with one attached hydrogen (secondary N) is 4. The van der Waals surface area contributed by atoms with Crippen LogP contribution in [0.25, 0.3) is 17.0 Å². The van der Waals surface area contributed by atoms with Crippen molar-refractivity contribution in [2.24, 2.45) is 0 Å². The van der Waals surface area contributed by atoms with Crippen molar-refractivity contribution in [3.8, 4) is 0 Å². The molecule has 178 valence electrons. The van der Waals surface area contributed by atoms with Crippen LogP contribution in [0.5, 0.6) is 0 Å². The van der Waals surface area contributed by atoms with Gasteiger partial charge in [-0.3, -0.25) is 9.59 Å². The van der Waals surface area contributed by atoms with Crippen LogP contribution in [0.3, 0.4) is 0 Å². The van der Waals surface area contributed by atoms with Gasteiger partial charge in [-0.25, -0.2) is 4.39 Å². The molecule has 3 aromatic rings. The zero-order valence-corrected chi connectivity index (χ0v) is 19.7. The predicted molar refractivity (Wildman–Crippen MR) is 136 cm³/mol. The van der Waals surface area contributed by atoms with E-state index < -0.39 is 5.54 Å². The van der Waals surface area contributed by atoms with Crippen molar-refractivity contribution in [1.82, 2.24) is 20.9 Å². The molecule has 0 spiro atoms. The summed E-state index contributed by atoms with van der Waals surface area (Å²) in [7, 11) is 0. The molecule has 1 fully saturated rings. The number of hydrogen-bond donors (Lipinski definition) is 4. The molecule has 4 N–H and O–H groups in total. The highest BCUT2D eigenvalue weighted by molar-refractivity contribution is 8.02. The number of H-pyrrole nitrogens is 1. The van der Waals surface area contributed by atoms with Crippen molar-refractivity contribution in [1.29, 1.82) is 0 Å². The molecule has 34 heavy (non-hydrogen) atoms. The first-order valence-corrected chi connectivity index (χ1v) is 12.5. The summed E-state index contributed by atoms with van der Waals surface area (Å²) >= 11 is 1.40. The van der Waals surface area contributed by atoms with Crippen molar-refractivity contribution in [2.75, 3.05) is 25.4 Å². The Morgan fingerprint density at radius 2 is 1.91 bits per heavy atom. The lowest BCUT2D eigenvalue weighted by Crippen LogP contribution is -2.63. The van der Waals surface area contributed by atoms with Crippen molar-refractivity contribution in [3.63, 3.8) is 0 Å². The van der Waals surface area contributed by atoms with Crippen molar-refractivity contribution in [2.45, 2.75) is 24.8 Å². The first-order valence-electron chi connectivity index (χ1n) is 11.4. The Balaban J connectivity index is 1.31. The molecule has 8 heteroatoms. The highest BCUT2D eigenvalue weighted by Gasteiger charge is 2.40. The molecule has 2 heterocycles. The highest BCUT2D eigenvalue weighted by atomic mass is 32.2. The molecule has 0 aliphatic carbocycles. The van der Waals surface area contributed by atoms with E-state index in [9.17, 15) is 14.0 Å². The van der Waals surface area contributed by atoms with Crippen LogP contribution in [0.4, 0.5) is 4.39 Å². The monoisotopic (exact) mass is 480 g/mol. The second kappa shape index (κ2) is 11.4. The van der Waals surface area contributed by atoms with Gasteiger partial charge in [0, 0.05) is 23.6 Å². The fourth-order valence-corrected chi connectivity index (χ4v) is 4.79. The van der Waals surface area contributed by atoms with Gasteiger partial charge >= 0.3 is 0 Å². The third-order valence-electron chi connectivity index (χ3n) is 6.05. The molecule has 6 nitrogen and oxygen atoms in total. The zero-order valence-electron chi connectivity index (χ0n) is 18.9. The first kappa shape index (κ1) is 24.0. The van der Waals surface area contributed by atoms with Gasteiger partial charge in [0.1, 0.15) is 11.4 Å². The summed E-state index contributed by atoms with van der Waals surface area (Å²) in [4.78, 5) is 29.0. The average molecular weight is 481 g/mol. The number of fused-ring (bicyclic) bond motifs is 1. The van der Waals surface area contributed by atoms with Gasteiger partial charge in [0.15, 0.2) is 0 Å². The largest absolute Gasteiger partial charge is 0.361 e. The zero-order chi connectivity index (χ0) is 23.8. The maximum atomic E-state index is 13.6. The standard InChI is InChI=1S/C26H29FN4O2S/c27-21-6-7-23-22(16-21)20(17-30-23)8-12-29-25(33)26(10-13-28-14-11-26)31-24(32)18-34-15-9-19-4-2-1-3-5-19/h1-7,9,15-17,28,30H,8,10-14,18H2,(H,29,33)(H,31,32). The molecule has 0 radical (unpaired) electrons. The Morgan fingerprint density at radius 1 is 1.12 bits per heavy atom. The number of aromatic amines is 1. The van der Waals surface area contributed by atoms with E-state index >= 15 is 0 Å². The van der Waals surface area contributed by atoms with Crippen molar-refractivity contribution >= 4 is 40.6 Å². The van der Waals surface area contributed by atoms with Crippen molar-refractivity contribution in [3.05, 3.63) is 77.1 Å². The van der Waals surface area contributed by atoms with Crippen LogP contribution in [0, 0.1) is 5.82 Å². The lowest BCUT2D eigenvalue weighted by atomic mass is 9.87. The fourth-order valence-electron chi connectivity index (χ4n) is 4.22. The number of thioether (sulfide) groups is 1.